The van der Waals surface area contributed by atoms with Crippen LogP contribution in [-0.2, 0) is 19.6 Å². The van der Waals surface area contributed by atoms with E-state index in [2.05, 4.69) is 11.7 Å². The molecule has 0 bridgehead atoms. The highest BCUT2D eigenvalue weighted by molar-refractivity contribution is 7.86. The lowest BCUT2D eigenvalue weighted by Gasteiger charge is -2.63. The summed E-state index contributed by atoms with van der Waals surface area (Å²) in [5, 5.41) is 27.2. The highest BCUT2D eigenvalue weighted by atomic mass is 32.2. The molecule has 0 aromatic heterocycles. The van der Waals surface area contributed by atoms with Gasteiger partial charge in [-0.3, -0.25) is 4.79 Å². The summed E-state index contributed by atoms with van der Waals surface area (Å²) in [5.41, 5.74) is -0.797. The van der Waals surface area contributed by atoms with Crippen molar-refractivity contribution >= 4 is 16.1 Å². The Labute approximate surface area is 236 Å². The predicted molar refractivity (Wildman–Crippen MR) is 133 cm³/mol. The van der Waals surface area contributed by atoms with Crippen molar-refractivity contribution in [3.63, 3.8) is 0 Å². The number of aliphatic hydroxyl groups excluding tert-OH is 3. The summed E-state index contributed by atoms with van der Waals surface area (Å²) in [6.45, 7) is 5.88. The molecule has 4 rings (SSSR count). The fourth-order valence-corrected chi connectivity index (χ4v) is 9.77. The van der Waals surface area contributed by atoms with Gasteiger partial charge in [0, 0.05) is 6.42 Å². The van der Waals surface area contributed by atoms with Crippen LogP contribution in [0.4, 0.5) is 22.0 Å². The topological polar surface area (TPSA) is 144 Å². The second-order valence-electron chi connectivity index (χ2n) is 13.5. The van der Waals surface area contributed by atoms with Crippen LogP contribution in [0.5, 0.6) is 0 Å². The van der Waals surface area contributed by atoms with E-state index in [1.807, 2.05) is 6.92 Å². The van der Waals surface area contributed by atoms with Gasteiger partial charge in [0.05, 0.1) is 18.3 Å². The number of alkyl halides is 5. The van der Waals surface area contributed by atoms with Gasteiger partial charge < -0.3 is 24.6 Å². The summed E-state index contributed by atoms with van der Waals surface area (Å²) < 4.78 is 103. The molecule has 41 heavy (non-hydrogen) atoms. The molecule has 0 amide bonds. The van der Waals surface area contributed by atoms with Gasteiger partial charge >= 0.3 is 17.4 Å². The Morgan fingerprint density at radius 2 is 1.66 bits per heavy atom. The summed E-state index contributed by atoms with van der Waals surface area (Å²) in [5.74, 6) is -2.19. The van der Waals surface area contributed by atoms with Gasteiger partial charge in [-0.2, -0.15) is 22.0 Å². The smallest absolute Gasteiger partial charge is 0.432 e. The van der Waals surface area contributed by atoms with Crippen LogP contribution in [0.2, 0.25) is 0 Å². The molecule has 4 saturated carbocycles. The van der Waals surface area contributed by atoms with Gasteiger partial charge in [0.1, 0.15) is 0 Å². The number of fused-ring (bicyclic) bond motifs is 5. The summed E-state index contributed by atoms with van der Waals surface area (Å²) in [7, 11) is -6.77. The minimum atomic E-state index is -6.77. The van der Waals surface area contributed by atoms with E-state index in [0.717, 1.165) is 6.42 Å². The van der Waals surface area contributed by atoms with Gasteiger partial charge in [-0.15, -0.1) is 0 Å². The molecule has 2 unspecified atom stereocenters. The first-order valence-corrected chi connectivity index (χ1v) is 15.7. The van der Waals surface area contributed by atoms with E-state index in [0.29, 0.717) is 38.5 Å². The molecular formula is C27H40F5O8S-. The largest absolute Gasteiger partial charge is 0.743 e. The molecule has 12 atom stereocenters. The van der Waals surface area contributed by atoms with Crippen LogP contribution in [0.1, 0.15) is 78.6 Å². The Morgan fingerprint density at radius 3 is 2.24 bits per heavy atom. The van der Waals surface area contributed by atoms with Crippen molar-refractivity contribution in [1.29, 1.82) is 0 Å². The van der Waals surface area contributed by atoms with Crippen LogP contribution in [0.25, 0.3) is 0 Å². The molecule has 4 aliphatic carbocycles. The highest BCUT2D eigenvalue weighted by Gasteiger charge is 2.66. The minimum absolute atomic E-state index is 0.0501. The second kappa shape index (κ2) is 10.8. The Kier molecular flexibility index (Phi) is 8.66. The van der Waals surface area contributed by atoms with E-state index in [1.54, 1.807) is 6.92 Å². The first-order valence-electron chi connectivity index (χ1n) is 14.3. The third-order valence-corrected chi connectivity index (χ3v) is 12.4. The number of ether oxygens (including phenoxy) is 1. The molecule has 0 aromatic carbocycles. The van der Waals surface area contributed by atoms with E-state index in [4.69, 9.17) is 0 Å². The molecule has 0 spiro atoms. The van der Waals surface area contributed by atoms with Crippen molar-refractivity contribution in [2.75, 3.05) is 0 Å². The molecule has 0 aliphatic heterocycles. The van der Waals surface area contributed by atoms with Crippen molar-refractivity contribution < 1.29 is 59.8 Å². The van der Waals surface area contributed by atoms with Crippen LogP contribution in [0.3, 0.4) is 0 Å². The molecule has 4 aliphatic rings. The number of halogens is 5. The van der Waals surface area contributed by atoms with Crippen LogP contribution in [0.15, 0.2) is 0 Å². The molecule has 238 valence electrons. The molecule has 14 heteroatoms. The molecule has 8 nitrogen and oxygen atoms in total. The summed E-state index contributed by atoms with van der Waals surface area (Å²) >= 11 is 0. The standard InChI is InChI=1S/C27H41F5O8S/c1-13(4-7-21(36)40-23(26(28,29)30)27(31,32)41(37,38)39)16-5-6-17-22-18(12-20(35)25(16,17)3)24(2)9-8-15(33)10-14(24)11-19(22)34/h13-20,22-23,33-35H,4-12H2,1-3H3,(H,37,38,39)/p-1/t13?,14-,15+,16+,17-,18-,19+,20-,22-,23?,24-,25+/m0/s1. The average Bonchev–Trinajstić information content (AvgIpc) is 3.19. The number of hydrogen-bond donors (Lipinski definition) is 3. The van der Waals surface area contributed by atoms with Crippen LogP contribution in [0, 0.1) is 46.3 Å². The van der Waals surface area contributed by atoms with Gasteiger partial charge in [0.2, 0.25) is 0 Å². The molecule has 3 N–H and O–H groups in total. The van der Waals surface area contributed by atoms with Crippen LogP contribution >= 0.6 is 0 Å². The number of carbonyl (C=O) groups is 1. The Balaban J connectivity index is 1.46. The van der Waals surface area contributed by atoms with Crippen molar-refractivity contribution in [3.8, 4) is 0 Å². The van der Waals surface area contributed by atoms with Gasteiger partial charge in [0.25, 0.3) is 6.10 Å². The molecule has 0 radical (unpaired) electrons. The highest BCUT2D eigenvalue weighted by Crippen LogP contribution is 2.68. The first-order chi connectivity index (χ1) is 18.7. The maximum absolute atomic E-state index is 13.7. The van der Waals surface area contributed by atoms with Gasteiger partial charge in [-0.25, -0.2) is 8.42 Å². The van der Waals surface area contributed by atoms with Gasteiger partial charge in [-0.1, -0.05) is 20.8 Å². The maximum Gasteiger partial charge on any atom is 0.432 e. The third-order valence-electron chi connectivity index (χ3n) is 11.5. The zero-order valence-corrected chi connectivity index (χ0v) is 24.1. The Hall–Kier alpha value is -1.09. The SMILES string of the molecule is CC(CCC(=O)OC(C(F)(F)F)C(F)(F)S(=O)(=O)[O-])[C@H]1CC[C@H]2[C@@H]3[C@H](O)C[C@@H]4C[C@H](O)CC[C@]4(C)[C@H]3C[C@H](O)[C@]12C. The van der Waals surface area contributed by atoms with Crippen molar-refractivity contribution in [2.24, 2.45) is 46.3 Å². The molecule has 0 aromatic rings. The normalized spacial score (nSPS) is 42.9. The second-order valence-corrected chi connectivity index (χ2v) is 14.9. The number of aliphatic hydroxyl groups is 3. The lowest BCUT2D eigenvalue weighted by molar-refractivity contribution is -0.259. The monoisotopic (exact) mass is 619 g/mol. The quantitative estimate of drug-likeness (QED) is 0.221. The van der Waals surface area contributed by atoms with Crippen LogP contribution in [-0.4, -0.2) is 70.1 Å². The van der Waals surface area contributed by atoms with Crippen molar-refractivity contribution in [1.82, 2.24) is 0 Å². The number of esters is 1. The Morgan fingerprint density at radius 1 is 1.02 bits per heavy atom. The third kappa shape index (κ3) is 5.53. The number of rotatable bonds is 7. The summed E-state index contributed by atoms with van der Waals surface area (Å²) in [6, 6.07) is 0. The number of carbonyl (C=O) groups excluding carboxylic acids is 1. The fourth-order valence-electron chi connectivity index (χ4n) is 9.33. The number of hydrogen-bond acceptors (Lipinski definition) is 8. The van der Waals surface area contributed by atoms with Gasteiger partial charge in [0.15, 0.2) is 10.1 Å². The lowest BCUT2D eigenvalue weighted by atomic mass is 9.43. The maximum atomic E-state index is 13.7. The van der Waals surface area contributed by atoms with E-state index >= 15 is 0 Å². The average molecular weight is 620 g/mol. The predicted octanol–water partition coefficient (Wildman–Crippen LogP) is 3.98. The summed E-state index contributed by atoms with van der Waals surface area (Å²) in [6.07, 6.45) is -8.56. The molecule has 0 saturated heterocycles. The van der Waals surface area contributed by atoms with E-state index in [9.17, 15) is 55.0 Å². The Bertz CT molecular complexity index is 1100. The van der Waals surface area contributed by atoms with Crippen LogP contribution < -0.4 is 0 Å². The van der Waals surface area contributed by atoms with Crippen molar-refractivity contribution in [3.05, 3.63) is 0 Å². The van der Waals surface area contributed by atoms with Gasteiger partial charge in [-0.05, 0) is 97.7 Å². The van der Waals surface area contributed by atoms with E-state index < -0.39 is 63.8 Å². The zero-order chi connectivity index (χ0) is 30.9. The minimum Gasteiger partial charge on any atom is -0.743 e. The first kappa shape index (κ1) is 32.8. The van der Waals surface area contributed by atoms with E-state index in [-0.39, 0.29) is 47.3 Å². The molecule has 4 fully saturated rings. The molecular weight excluding hydrogens is 579 g/mol. The molecule has 0 heterocycles. The fraction of sp³-hybridized carbons (Fsp3) is 0.963. The zero-order valence-electron chi connectivity index (χ0n) is 23.3. The van der Waals surface area contributed by atoms with Crippen molar-refractivity contribution in [2.45, 2.75) is 114 Å². The van der Waals surface area contributed by atoms with E-state index in [1.165, 1.54) is 0 Å². The lowest BCUT2D eigenvalue weighted by Crippen LogP contribution is -2.62. The summed E-state index contributed by atoms with van der Waals surface area (Å²) in [4.78, 5) is 12.2.